The van der Waals surface area contributed by atoms with E-state index in [1.807, 2.05) is 11.6 Å². The zero-order valence-corrected chi connectivity index (χ0v) is 28.2. The number of halogens is 3. The summed E-state index contributed by atoms with van der Waals surface area (Å²) in [4.78, 5) is 30.6. The number of imidazole rings is 1. The first-order chi connectivity index (χ1) is 21.8. The molecule has 1 saturated carbocycles. The SMILES string of the molecule is CN(c1ccc([C@H]2CCC[C@@H](C(=O)Nc3ccc4c(c3)CC(F)(F)C4)[C@@H]2C(=O)O)cc1)S(=O)(=O)c1ccc2c(c1)nc(CI)n2C. The quantitative estimate of drug-likeness (QED) is 0.161. The number of carbonyl (C=O) groups excluding carboxylic acids is 1. The Balaban J connectivity index is 1.20. The minimum atomic E-state index is -3.92. The van der Waals surface area contributed by atoms with Gasteiger partial charge in [0.15, 0.2) is 0 Å². The molecule has 13 heteroatoms. The zero-order chi connectivity index (χ0) is 33.0. The molecule has 2 N–H and O–H groups in total. The van der Waals surface area contributed by atoms with Crippen molar-refractivity contribution in [2.45, 2.75) is 53.3 Å². The maximum atomic E-state index is 13.9. The van der Waals surface area contributed by atoms with Gasteiger partial charge in [-0.15, -0.1) is 0 Å². The van der Waals surface area contributed by atoms with Crippen molar-refractivity contribution >= 4 is 66.9 Å². The molecule has 1 amide bonds. The van der Waals surface area contributed by atoms with Crippen LogP contribution in [0.2, 0.25) is 0 Å². The van der Waals surface area contributed by atoms with E-state index in [2.05, 4.69) is 32.9 Å². The minimum absolute atomic E-state index is 0.105. The normalized spacial score (nSPS) is 20.8. The minimum Gasteiger partial charge on any atom is -0.481 e. The number of nitrogens with one attached hydrogen (secondary N) is 1. The molecule has 0 bridgehead atoms. The molecule has 9 nitrogen and oxygen atoms in total. The van der Waals surface area contributed by atoms with Crippen LogP contribution in [0.1, 0.15) is 47.7 Å². The highest BCUT2D eigenvalue weighted by Gasteiger charge is 2.43. The Labute approximate surface area is 279 Å². The summed E-state index contributed by atoms with van der Waals surface area (Å²) < 4.78 is 58.6. The second-order valence-electron chi connectivity index (χ2n) is 12.1. The Morgan fingerprint density at radius 3 is 2.48 bits per heavy atom. The summed E-state index contributed by atoms with van der Waals surface area (Å²) in [6.45, 7) is 0. The lowest BCUT2D eigenvalue weighted by molar-refractivity contribution is -0.148. The van der Waals surface area contributed by atoms with Gasteiger partial charge in [-0.25, -0.2) is 22.2 Å². The van der Waals surface area contributed by atoms with Crippen molar-refractivity contribution in [2.24, 2.45) is 18.9 Å². The molecule has 242 valence electrons. The predicted octanol–water partition coefficient (Wildman–Crippen LogP) is 6.29. The maximum Gasteiger partial charge on any atom is 0.307 e. The molecule has 1 heterocycles. The summed E-state index contributed by atoms with van der Waals surface area (Å²) in [6, 6.07) is 16.3. The van der Waals surface area contributed by atoms with Crippen LogP contribution in [0.15, 0.2) is 65.6 Å². The number of alkyl halides is 3. The molecule has 4 aromatic rings. The van der Waals surface area contributed by atoms with Crippen molar-refractivity contribution in [3.63, 3.8) is 0 Å². The van der Waals surface area contributed by atoms with Gasteiger partial charge in [0.25, 0.3) is 15.9 Å². The molecule has 3 aromatic carbocycles. The number of carbonyl (C=O) groups is 2. The van der Waals surface area contributed by atoms with E-state index in [0.717, 1.165) is 11.3 Å². The van der Waals surface area contributed by atoms with Gasteiger partial charge >= 0.3 is 5.97 Å². The zero-order valence-electron chi connectivity index (χ0n) is 25.2. The van der Waals surface area contributed by atoms with Crippen LogP contribution in [0, 0.1) is 11.8 Å². The number of anilines is 2. The first-order valence-corrected chi connectivity index (χ1v) is 17.9. The molecule has 2 aliphatic carbocycles. The van der Waals surface area contributed by atoms with E-state index in [0.29, 0.717) is 57.3 Å². The van der Waals surface area contributed by atoms with Gasteiger partial charge < -0.3 is 15.0 Å². The molecule has 0 radical (unpaired) electrons. The van der Waals surface area contributed by atoms with Crippen LogP contribution in [0.3, 0.4) is 0 Å². The first-order valence-electron chi connectivity index (χ1n) is 14.9. The van der Waals surface area contributed by atoms with Crippen LogP contribution in [0.25, 0.3) is 11.0 Å². The fourth-order valence-corrected chi connectivity index (χ4v) is 8.74. The van der Waals surface area contributed by atoms with E-state index in [1.54, 1.807) is 60.7 Å². The summed E-state index contributed by atoms with van der Waals surface area (Å²) in [7, 11) is -0.570. The van der Waals surface area contributed by atoms with Crippen molar-refractivity contribution < 1.29 is 31.9 Å². The van der Waals surface area contributed by atoms with Crippen LogP contribution in [-0.2, 0) is 43.9 Å². The third-order valence-corrected chi connectivity index (χ3v) is 11.8. The second-order valence-corrected chi connectivity index (χ2v) is 14.9. The molecule has 3 atom stereocenters. The van der Waals surface area contributed by atoms with Crippen molar-refractivity contribution in [3.8, 4) is 0 Å². The Bertz CT molecular complexity index is 1950. The number of benzene rings is 3. The van der Waals surface area contributed by atoms with Gasteiger partial charge in [-0.2, -0.15) is 0 Å². The number of carboxylic acid groups (broad SMARTS) is 1. The summed E-state index contributed by atoms with van der Waals surface area (Å²) in [6.07, 6.45) is 0.824. The highest BCUT2D eigenvalue weighted by molar-refractivity contribution is 14.1. The summed E-state index contributed by atoms with van der Waals surface area (Å²) in [5.41, 5.74) is 3.92. The second kappa shape index (κ2) is 12.2. The van der Waals surface area contributed by atoms with Crippen molar-refractivity contribution in [3.05, 3.63) is 83.2 Å². The largest absolute Gasteiger partial charge is 0.481 e. The average molecular weight is 763 g/mol. The molecule has 46 heavy (non-hydrogen) atoms. The van der Waals surface area contributed by atoms with E-state index in [9.17, 15) is 31.9 Å². The molecular formula is C33H33F2IN4O5S. The Kier molecular flexibility index (Phi) is 8.59. The van der Waals surface area contributed by atoms with E-state index in [4.69, 9.17) is 0 Å². The lowest BCUT2D eigenvalue weighted by Gasteiger charge is -2.35. The fraction of sp³-hybridized carbons (Fsp3) is 0.364. The molecule has 0 saturated heterocycles. The number of sulfonamides is 1. The number of nitrogens with zero attached hydrogens (tertiary/aromatic N) is 3. The number of aryl methyl sites for hydroxylation is 1. The summed E-state index contributed by atoms with van der Waals surface area (Å²) >= 11 is 2.21. The molecule has 1 aromatic heterocycles. The standard InChI is InChI=1S/C33H33F2IN4O5S/c1-39-28-13-12-24(15-27(28)38-29(39)18-36)46(44,45)40(2)23-10-7-19(8-11-23)25-4-3-5-26(30(25)32(42)43)31(41)37-22-9-6-20-16-33(34,35)17-21(20)14-22/h6-15,25-26,30H,3-5,16-18H2,1-2H3,(H,37,41)(H,42,43)/t25-,26-,30-/m1/s1. The van der Waals surface area contributed by atoms with Crippen LogP contribution in [0.4, 0.5) is 20.2 Å². The van der Waals surface area contributed by atoms with Crippen LogP contribution < -0.4 is 9.62 Å². The number of rotatable bonds is 8. The lowest BCUT2D eigenvalue weighted by atomic mass is 9.69. The molecule has 0 unspecified atom stereocenters. The number of hydrogen-bond donors (Lipinski definition) is 2. The number of aromatic nitrogens is 2. The van der Waals surface area contributed by atoms with E-state index < -0.39 is 45.6 Å². The Morgan fingerprint density at radius 1 is 1.07 bits per heavy atom. The Morgan fingerprint density at radius 2 is 1.78 bits per heavy atom. The number of fused-ring (bicyclic) bond motifs is 2. The monoisotopic (exact) mass is 762 g/mol. The topological polar surface area (TPSA) is 122 Å². The highest BCUT2D eigenvalue weighted by atomic mass is 127. The predicted molar refractivity (Wildman–Crippen MR) is 179 cm³/mol. The molecule has 0 spiro atoms. The molecule has 2 aliphatic rings. The number of amides is 1. The Hall–Kier alpha value is -3.59. The van der Waals surface area contributed by atoms with E-state index in [1.165, 1.54) is 11.4 Å². The van der Waals surface area contributed by atoms with Gasteiger partial charge in [-0.1, -0.05) is 47.2 Å². The first kappa shape index (κ1) is 32.4. The average Bonchev–Trinajstić information content (AvgIpc) is 3.53. The smallest absolute Gasteiger partial charge is 0.307 e. The number of aliphatic carboxylic acids is 1. The van der Waals surface area contributed by atoms with Gasteiger partial charge in [0.2, 0.25) is 5.91 Å². The molecule has 6 rings (SSSR count). The third kappa shape index (κ3) is 5.98. The van der Waals surface area contributed by atoms with Gasteiger partial charge in [-0.3, -0.25) is 13.9 Å². The van der Waals surface area contributed by atoms with Gasteiger partial charge in [0.05, 0.1) is 37.9 Å². The summed E-state index contributed by atoms with van der Waals surface area (Å²) in [5, 5.41) is 13.0. The van der Waals surface area contributed by atoms with Crippen molar-refractivity contribution in [2.75, 3.05) is 16.7 Å². The van der Waals surface area contributed by atoms with Crippen LogP contribution in [0.5, 0.6) is 0 Å². The maximum absolute atomic E-state index is 13.9. The van der Waals surface area contributed by atoms with Gasteiger partial charge in [0, 0.05) is 32.6 Å². The lowest BCUT2D eigenvalue weighted by Crippen LogP contribution is -2.40. The van der Waals surface area contributed by atoms with Crippen LogP contribution in [-0.4, -0.2) is 47.9 Å². The van der Waals surface area contributed by atoms with E-state index in [-0.39, 0.29) is 17.7 Å². The van der Waals surface area contributed by atoms with E-state index >= 15 is 0 Å². The molecule has 1 fully saturated rings. The number of carboxylic acids is 1. The van der Waals surface area contributed by atoms with Gasteiger partial charge in [-0.05, 0) is 77.9 Å². The number of hydrogen-bond acceptors (Lipinski definition) is 5. The highest BCUT2D eigenvalue weighted by Crippen LogP contribution is 2.43. The van der Waals surface area contributed by atoms with Crippen molar-refractivity contribution in [1.29, 1.82) is 0 Å². The summed E-state index contributed by atoms with van der Waals surface area (Å²) in [5.74, 6) is -5.85. The van der Waals surface area contributed by atoms with Crippen molar-refractivity contribution in [1.82, 2.24) is 9.55 Å². The molecule has 0 aliphatic heterocycles. The fourth-order valence-electron chi connectivity index (χ4n) is 6.84. The third-order valence-electron chi connectivity index (χ3n) is 9.30. The van der Waals surface area contributed by atoms with Crippen LogP contribution >= 0.6 is 22.6 Å². The van der Waals surface area contributed by atoms with Gasteiger partial charge in [0.1, 0.15) is 5.82 Å². The molecular weight excluding hydrogens is 729 g/mol.